The van der Waals surface area contributed by atoms with Gasteiger partial charge in [0.2, 0.25) is 0 Å². The first-order valence-corrected chi connectivity index (χ1v) is 9.58. The molecule has 0 bridgehead atoms. The molecule has 4 heteroatoms. The molecule has 0 unspecified atom stereocenters. The molecule has 4 nitrogen and oxygen atoms in total. The van der Waals surface area contributed by atoms with Crippen molar-refractivity contribution in [1.29, 1.82) is 0 Å². The SMILES string of the molecule is O=C(NC1CCN(Cc2ccccc2)CC1)c1cccc(-n2cccc2)c1. The van der Waals surface area contributed by atoms with Crippen LogP contribution < -0.4 is 5.32 Å². The standard InChI is InChI=1S/C23H25N3O/c27-23(20-9-6-10-22(17-20)26-13-4-5-14-26)24-21-11-15-25(16-12-21)18-19-7-2-1-3-8-19/h1-10,13-14,17,21H,11-12,15-16,18H2,(H,24,27). The molecular formula is C23H25N3O. The Morgan fingerprint density at radius 2 is 1.67 bits per heavy atom. The summed E-state index contributed by atoms with van der Waals surface area (Å²) in [5.74, 6) is 0.0190. The summed E-state index contributed by atoms with van der Waals surface area (Å²) in [5.41, 5.74) is 3.07. The van der Waals surface area contributed by atoms with Gasteiger partial charge in [-0.3, -0.25) is 9.69 Å². The van der Waals surface area contributed by atoms with Crippen molar-refractivity contribution < 1.29 is 4.79 Å². The molecule has 2 aromatic carbocycles. The van der Waals surface area contributed by atoms with E-state index >= 15 is 0 Å². The molecule has 4 rings (SSSR count). The zero-order valence-electron chi connectivity index (χ0n) is 15.4. The molecule has 1 aliphatic heterocycles. The van der Waals surface area contributed by atoms with Crippen molar-refractivity contribution >= 4 is 5.91 Å². The third kappa shape index (κ3) is 4.47. The van der Waals surface area contributed by atoms with E-state index in [9.17, 15) is 4.79 Å². The number of piperidine rings is 1. The van der Waals surface area contributed by atoms with Crippen LogP contribution in [0.5, 0.6) is 0 Å². The Hall–Kier alpha value is -2.85. The molecule has 27 heavy (non-hydrogen) atoms. The van der Waals surface area contributed by atoms with E-state index in [4.69, 9.17) is 0 Å². The molecule has 0 atom stereocenters. The number of nitrogens with zero attached hydrogens (tertiary/aromatic N) is 2. The van der Waals surface area contributed by atoms with Gasteiger partial charge < -0.3 is 9.88 Å². The zero-order chi connectivity index (χ0) is 18.5. The number of hydrogen-bond donors (Lipinski definition) is 1. The molecule has 1 fully saturated rings. The molecule has 0 aliphatic carbocycles. The Morgan fingerprint density at radius 1 is 0.926 bits per heavy atom. The van der Waals surface area contributed by atoms with Gasteiger partial charge in [0, 0.05) is 49.3 Å². The topological polar surface area (TPSA) is 37.3 Å². The average Bonchev–Trinajstić information content (AvgIpc) is 3.25. The minimum atomic E-state index is 0.0190. The molecule has 1 saturated heterocycles. The van der Waals surface area contributed by atoms with E-state index in [2.05, 4.69) is 40.5 Å². The molecule has 3 aromatic rings. The number of rotatable bonds is 5. The molecule has 1 amide bonds. The van der Waals surface area contributed by atoms with Gasteiger partial charge in [-0.25, -0.2) is 0 Å². The van der Waals surface area contributed by atoms with Crippen LogP contribution in [0.25, 0.3) is 5.69 Å². The normalized spacial score (nSPS) is 15.6. The lowest BCUT2D eigenvalue weighted by Crippen LogP contribution is -2.44. The van der Waals surface area contributed by atoms with Crippen LogP contribution in [0.2, 0.25) is 0 Å². The maximum atomic E-state index is 12.7. The van der Waals surface area contributed by atoms with Crippen molar-refractivity contribution in [2.45, 2.75) is 25.4 Å². The van der Waals surface area contributed by atoms with E-state index in [1.807, 2.05) is 53.4 Å². The molecule has 138 valence electrons. The quantitative estimate of drug-likeness (QED) is 0.751. The number of carbonyl (C=O) groups excluding carboxylic acids is 1. The van der Waals surface area contributed by atoms with Gasteiger partial charge in [0.15, 0.2) is 0 Å². The van der Waals surface area contributed by atoms with Crippen molar-refractivity contribution in [3.8, 4) is 5.69 Å². The first-order valence-electron chi connectivity index (χ1n) is 9.58. The molecular weight excluding hydrogens is 334 g/mol. The Bertz CT molecular complexity index is 866. The summed E-state index contributed by atoms with van der Waals surface area (Å²) in [6.45, 7) is 3.02. The third-order valence-electron chi connectivity index (χ3n) is 5.18. The van der Waals surface area contributed by atoms with Crippen LogP contribution in [0.15, 0.2) is 79.1 Å². The lowest BCUT2D eigenvalue weighted by atomic mass is 10.0. The van der Waals surface area contributed by atoms with E-state index in [1.54, 1.807) is 0 Å². The van der Waals surface area contributed by atoms with E-state index in [0.29, 0.717) is 5.56 Å². The van der Waals surface area contributed by atoms with E-state index in [1.165, 1.54) is 5.56 Å². The second-order valence-corrected chi connectivity index (χ2v) is 7.15. The van der Waals surface area contributed by atoms with Crippen molar-refractivity contribution in [2.75, 3.05) is 13.1 Å². The first-order chi connectivity index (χ1) is 13.3. The van der Waals surface area contributed by atoms with Gasteiger partial charge in [0.05, 0.1) is 0 Å². The maximum Gasteiger partial charge on any atom is 0.251 e. The molecule has 1 aliphatic rings. The molecule has 0 saturated carbocycles. The van der Waals surface area contributed by atoms with Gasteiger partial charge in [-0.15, -0.1) is 0 Å². The highest BCUT2D eigenvalue weighted by atomic mass is 16.1. The summed E-state index contributed by atoms with van der Waals surface area (Å²) in [6.07, 6.45) is 5.96. The lowest BCUT2D eigenvalue weighted by molar-refractivity contribution is 0.0909. The molecule has 1 N–H and O–H groups in total. The van der Waals surface area contributed by atoms with Gasteiger partial charge in [0.25, 0.3) is 5.91 Å². The molecule has 1 aromatic heterocycles. The van der Waals surface area contributed by atoms with Crippen LogP contribution in [0, 0.1) is 0 Å². The second-order valence-electron chi connectivity index (χ2n) is 7.15. The van der Waals surface area contributed by atoms with Gasteiger partial charge in [-0.05, 0) is 48.7 Å². The average molecular weight is 359 g/mol. The fraction of sp³-hybridized carbons (Fsp3) is 0.261. The third-order valence-corrected chi connectivity index (χ3v) is 5.18. The van der Waals surface area contributed by atoms with E-state index < -0.39 is 0 Å². The zero-order valence-corrected chi connectivity index (χ0v) is 15.4. The second kappa shape index (κ2) is 8.23. The predicted molar refractivity (Wildman–Crippen MR) is 108 cm³/mol. The minimum absolute atomic E-state index is 0.0190. The number of carbonyl (C=O) groups is 1. The van der Waals surface area contributed by atoms with Crippen LogP contribution >= 0.6 is 0 Å². The van der Waals surface area contributed by atoms with Crippen LogP contribution in [-0.2, 0) is 6.54 Å². The van der Waals surface area contributed by atoms with E-state index in [-0.39, 0.29) is 11.9 Å². The highest BCUT2D eigenvalue weighted by molar-refractivity contribution is 5.94. The van der Waals surface area contributed by atoms with E-state index in [0.717, 1.165) is 38.2 Å². The Kier molecular flexibility index (Phi) is 5.35. The number of amides is 1. The Morgan fingerprint density at radius 3 is 2.41 bits per heavy atom. The van der Waals surface area contributed by atoms with Crippen molar-refractivity contribution in [3.63, 3.8) is 0 Å². The monoisotopic (exact) mass is 359 g/mol. The largest absolute Gasteiger partial charge is 0.349 e. The molecule has 0 spiro atoms. The number of nitrogens with one attached hydrogen (secondary N) is 1. The highest BCUT2D eigenvalue weighted by Gasteiger charge is 2.21. The van der Waals surface area contributed by atoms with Crippen molar-refractivity contribution in [2.24, 2.45) is 0 Å². The number of aromatic nitrogens is 1. The molecule has 0 radical (unpaired) electrons. The van der Waals surface area contributed by atoms with Crippen molar-refractivity contribution in [3.05, 3.63) is 90.3 Å². The minimum Gasteiger partial charge on any atom is -0.349 e. The van der Waals surface area contributed by atoms with Gasteiger partial charge in [0.1, 0.15) is 0 Å². The van der Waals surface area contributed by atoms with Crippen molar-refractivity contribution in [1.82, 2.24) is 14.8 Å². The first kappa shape index (κ1) is 17.6. The summed E-state index contributed by atoms with van der Waals surface area (Å²) < 4.78 is 2.01. The summed E-state index contributed by atoms with van der Waals surface area (Å²) >= 11 is 0. The Balaban J connectivity index is 1.31. The summed E-state index contributed by atoms with van der Waals surface area (Å²) in [5, 5.41) is 3.22. The van der Waals surface area contributed by atoms with Crippen LogP contribution in [-0.4, -0.2) is 34.5 Å². The summed E-state index contributed by atoms with van der Waals surface area (Å²) in [4.78, 5) is 15.1. The van der Waals surface area contributed by atoms with Gasteiger partial charge in [-0.2, -0.15) is 0 Å². The van der Waals surface area contributed by atoms with Crippen LogP contribution in [0.4, 0.5) is 0 Å². The van der Waals surface area contributed by atoms with Crippen LogP contribution in [0.1, 0.15) is 28.8 Å². The van der Waals surface area contributed by atoms with Gasteiger partial charge in [-0.1, -0.05) is 36.4 Å². The fourth-order valence-electron chi connectivity index (χ4n) is 3.66. The number of hydrogen-bond acceptors (Lipinski definition) is 2. The van der Waals surface area contributed by atoms with Crippen LogP contribution in [0.3, 0.4) is 0 Å². The summed E-state index contributed by atoms with van der Waals surface area (Å²) in [7, 11) is 0. The van der Waals surface area contributed by atoms with Gasteiger partial charge >= 0.3 is 0 Å². The predicted octanol–water partition coefficient (Wildman–Crippen LogP) is 3.87. The smallest absolute Gasteiger partial charge is 0.251 e. The maximum absolute atomic E-state index is 12.7. The Labute approximate surface area is 160 Å². The lowest BCUT2D eigenvalue weighted by Gasteiger charge is -2.32. The molecule has 2 heterocycles. The summed E-state index contributed by atoms with van der Waals surface area (Å²) in [6, 6.07) is 22.6. The number of benzene rings is 2. The number of likely N-dealkylation sites (tertiary alicyclic amines) is 1. The highest BCUT2D eigenvalue weighted by Crippen LogP contribution is 2.16. The fourth-order valence-corrected chi connectivity index (χ4v) is 3.66.